The second kappa shape index (κ2) is 6.44. The van der Waals surface area contributed by atoms with Crippen LogP contribution in [0.2, 0.25) is 0 Å². The first-order valence-corrected chi connectivity index (χ1v) is 7.47. The molecule has 1 saturated carbocycles. The van der Waals surface area contributed by atoms with Crippen LogP contribution >= 0.6 is 0 Å². The Morgan fingerprint density at radius 2 is 1.89 bits per heavy atom. The summed E-state index contributed by atoms with van der Waals surface area (Å²) in [6.45, 7) is 1.93. The predicted molar refractivity (Wildman–Crippen MR) is 70.1 cm³/mol. The van der Waals surface area contributed by atoms with Gasteiger partial charge in [0, 0.05) is 18.6 Å². The Labute approximate surface area is 113 Å². The quantitative estimate of drug-likeness (QED) is 0.853. The predicted octanol–water partition coefficient (Wildman–Crippen LogP) is 3.18. The maximum atomic E-state index is 12.8. The Balaban J connectivity index is 1.82. The average Bonchev–Trinajstić information content (AvgIpc) is 2.39. The van der Waals surface area contributed by atoms with Gasteiger partial charge in [-0.3, -0.25) is 0 Å². The highest BCUT2D eigenvalue weighted by Gasteiger charge is 2.42. The smallest absolute Gasteiger partial charge is 0.313 e. The minimum absolute atomic E-state index is 0.101. The molecular weight excluding hydrogens is 253 g/mol. The van der Waals surface area contributed by atoms with Crippen molar-refractivity contribution in [1.82, 2.24) is 10.2 Å². The second-order valence-corrected chi connectivity index (χ2v) is 6.15. The molecule has 112 valence electrons. The highest BCUT2D eigenvalue weighted by molar-refractivity contribution is 4.85. The number of alkyl halides is 3. The molecule has 3 atom stereocenters. The van der Waals surface area contributed by atoms with E-state index in [9.17, 15) is 13.2 Å². The van der Waals surface area contributed by atoms with Gasteiger partial charge in [-0.05, 0) is 45.7 Å². The Bertz CT molecular complexity index is 274. The van der Waals surface area contributed by atoms with Gasteiger partial charge in [0.05, 0.1) is 5.92 Å². The number of nitrogens with zero attached hydrogens (tertiary/aromatic N) is 1. The van der Waals surface area contributed by atoms with Crippen molar-refractivity contribution in [3.63, 3.8) is 0 Å². The molecule has 1 aliphatic heterocycles. The third kappa shape index (κ3) is 4.35. The Kier molecular flexibility index (Phi) is 5.12. The first-order valence-electron chi connectivity index (χ1n) is 7.47. The maximum Gasteiger partial charge on any atom is 0.391 e. The fraction of sp³-hybridized carbons (Fsp3) is 1.00. The molecule has 0 radical (unpaired) electrons. The zero-order valence-corrected chi connectivity index (χ0v) is 11.7. The summed E-state index contributed by atoms with van der Waals surface area (Å²) >= 11 is 0. The van der Waals surface area contributed by atoms with E-state index in [1.807, 2.05) is 7.05 Å². The molecule has 0 aromatic carbocycles. The van der Waals surface area contributed by atoms with E-state index >= 15 is 0 Å². The largest absolute Gasteiger partial charge is 0.391 e. The van der Waals surface area contributed by atoms with Gasteiger partial charge >= 0.3 is 6.18 Å². The molecule has 0 amide bonds. The molecule has 0 aromatic rings. The van der Waals surface area contributed by atoms with Gasteiger partial charge in [0.25, 0.3) is 0 Å². The van der Waals surface area contributed by atoms with E-state index in [4.69, 9.17) is 0 Å². The van der Waals surface area contributed by atoms with Gasteiger partial charge in [-0.1, -0.05) is 12.8 Å². The Morgan fingerprint density at radius 1 is 1.11 bits per heavy atom. The lowest BCUT2D eigenvalue weighted by atomic mass is 9.84. The molecule has 0 spiro atoms. The highest BCUT2D eigenvalue weighted by Crippen LogP contribution is 2.38. The van der Waals surface area contributed by atoms with Crippen LogP contribution in [0.1, 0.15) is 44.9 Å². The summed E-state index contributed by atoms with van der Waals surface area (Å²) in [5, 5.41) is 3.47. The van der Waals surface area contributed by atoms with Crippen LogP contribution in [0.5, 0.6) is 0 Å². The van der Waals surface area contributed by atoms with Crippen LogP contribution in [0, 0.1) is 5.92 Å². The first-order chi connectivity index (χ1) is 8.97. The van der Waals surface area contributed by atoms with E-state index in [0.717, 1.165) is 25.9 Å². The molecule has 19 heavy (non-hydrogen) atoms. The Hall–Kier alpha value is -0.290. The summed E-state index contributed by atoms with van der Waals surface area (Å²) in [6, 6.07) is 0.564. The van der Waals surface area contributed by atoms with Crippen LogP contribution in [-0.4, -0.2) is 43.3 Å². The fourth-order valence-electron chi connectivity index (χ4n) is 3.44. The van der Waals surface area contributed by atoms with Crippen LogP contribution in [0.3, 0.4) is 0 Å². The number of hydrogen-bond donors (Lipinski definition) is 1. The third-order valence-electron chi connectivity index (χ3n) is 4.65. The van der Waals surface area contributed by atoms with Gasteiger partial charge in [0.15, 0.2) is 0 Å². The first kappa shape index (κ1) is 15.1. The van der Waals surface area contributed by atoms with E-state index in [1.165, 1.54) is 12.8 Å². The summed E-state index contributed by atoms with van der Waals surface area (Å²) in [7, 11) is 1.99. The topological polar surface area (TPSA) is 15.3 Å². The van der Waals surface area contributed by atoms with Crippen molar-refractivity contribution < 1.29 is 13.2 Å². The molecule has 2 aliphatic rings. The molecule has 2 nitrogen and oxygen atoms in total. The van der Waals surface area contributed by atoms with E-state index in [0.29, 0.717) is 18.9 Å². The van der Waals surface area contributed by atoms with Crippen molar-refractivity contribution in [2.75, 3.05) is 20.1 Å². The fourth-order valence-corrected chi connectivity index (χ4v) is 3.44. The minimum Gasteiger partial charge on any atom is -0.313 e. The summed E-state index contributed by atoms with van der Waals surface area (Å²) < 4.78 is 38.4. The molecule has 3 unspecified atom stereocenters. The van der Waals surface area contributed by atoms with Crippen molar-refractivity contribution in [2.45, 2.75) is 63.2 Å². The van der Waals surface area contributed by atoms with Crippen LogP contribution in [0.15, 0.2) is 0 Å². The highest BCUT2D eigenvalue weighted by atomic mass is 19.4. The monoisotopic (exact) mass is 278 g/mol. The molecule has 2 rings (SSSR count). The molecule has 2 fully saturated rings. The van der Waals surface area contributed by atoms with Crippen LogP contribution in [0.25, 0.3) is 0 Å². The lowest BCUT2D eigenvalue weighted by Gasteiger charge is -2.38. The van der Waals surface area contributed by atoms with Crippen molar-refractivity contribution in [1.29, 1.82) is 0 Å². The number of hydrogen-bond acceptors (Lipinski definition) is 2. The van der Waals surface area contributed by atoms with Crippen LogP contribution in [-0.2, 0) is 0 Å². The molecule has 5 heteroatoms. The number of halogens is 3. The second-order valence-electron chi connectivity index (χ2n) is 6.15. The van der Waals surface area contributed by atoms with E-state index in [-0.39, 0.29) is 12.5 Å². The molecule has 1 saturated heterocycles. The number of rotatable bonds is 3. The van der Waals surface area contributed by atoms with Crippen molar-refractivity contribution in [3.05, 3.63) is 0 Å². The summed E-state index contributed by atoms with van der Waals surface area (Å²) in [5.41, 5.74) is 0. The standard InChI is InChI=1S/C14H25F3N2/c1-19(10-12-6-2-3-8-18-12)13-7-4-5-11(9-13)14(15,16)17/h11-13,18H,2-10H2,1H3. The van der Waals surface area contributed by atoms with E-state index in [1.54, 1.807) is 0 Å². The molecule has 0 aromatic heterocycles. The van der Waals surface area contributed by atoms with Crippen LogP contribution < -0.4 is 5.32 Å². The minimum atomic E-state index is -4.01. The zero-order chi connectivity index (χ0) is 13.9. The van der Waals surface area contributed by atoms with Gasteiger partial charge in [0.2, 0.25) is 0 Å². The van der Waals surface area contributed by atoms with Gasteiger partial charge in [-0.25, -0.2) is 0 Å². The maximum absolute atomic E-state index is 12.8. The molecular formula is C14H25F3N2. The summed E-state index contributed by atoms with van der Waals surface area (Å²) in [4.78, 5) is 2.15. The number of nitrogens with one attached hydrogen (secondary N) is 1. The van der Waals surface area contributed by atoms with E-state index in [2.05, 4.69) is 10.2 Å². The van der Waals surface area contributed by atoms with Gasteiger partial charge in [0.1, 0.15) is 0 Å². The van der Waals surface area contributed by atoms with Crippen molar-refractivity contribution in [3.8, 4) is 0 Å². The van der Waals surface area contributed by atoms with Crippen molar-refractivity contribution in [2.24, 2.45) is 5.92 Å². The molecule has 1 N–H and O–H groups in total. The van der Waals surface area contributed by atoms with E-state index < -0.39 is 12.1 Å². The molecule has 1 heterocycles. The molecule has 1 aliphatic carbocycles. The summed E-state index contributed by atoms with van der Waals surface area (Å²) in [6.07, 6.45) is 1.82. The van der Waals surface area contributed by atoms with Gasteiger partial charge < -0.3 is 10.2 Å². The zero-order valence-electron chi connectivity index (χ0n) is 11.7. The van der Waals surface area contributed by atoms with Crippen molar-refractivity contribution >= 4 is 0 Å². The van der Waals surface area contributed by atoms with Crippen LogP contribution in [0.4, 0.5) is 13.2 Å². The normalized spacial score (nSPS) is 33.6. The molecule has 0 bridgehead atoms. The number of piperidine rings is 1. The average molecular weight is 278 g/mol. The van der Waals surface area contributed by atoms with Gasteiger partial charge in [-0.15, -0.1) is 0 Å². The van der Waals surface area contributed by atoms with Gasteiger partial charge in [-0.2, -0.15) is 13.2 Å². The Morgan fingerprint density at radius 3 is 2.53 bits per heavy atom. The summed E-state index contributed by atoms with van der Waals surface area (Å²) in [5.74, 6) is -1.09. The lowest BCUT2D eigenvalue weighted by Crippen LogP contribution is -2.47. The lowest BCUT2D eigenvalue weighted by molar-refractivity contribution is -0.186. The SMILES string of the molecule is CN(CC1CCCCN1)C1CCCC(C(F)(F)F)C1. The number of likely N-dealkylation sites (N-methyl/N-ethyl adjacent to an activating group) is 1. The third-order valence-corrected chi connectivity index (χ3v) is 4.65.